The Labute approximate surface area is 157 Å². The highest BCUT2D eigenvalue weighted by atomic mass is 16.1. The number of carbonyl (C=O) groups excluding carboxylic acids is 1. The molecule has 0 unspecified atom stereocenters. The Morgan fingerprint density at radius 1 is 1.15 bits per heavy atom. The number of anilines is 1. The number of primary amides is 1. The van der Waals surface area contributed by atoms with Crippen molar-refractivity contribution >= 4 is 17.4 Å². The molecular formula is C19H23N7O. The number of carbonyl (C=O) groups is 1. The number of amides is 1. The van der Waals surface area contributed by atoms with E-state index in [-0.39, 0.29) is 5.69 Å². The summed E-state index contributed by atoms with van der Waals surface area (Å²) in [6.45, 7) is 0.745. The average Bonchev–Trinajstić information content (AvgIpc) is 3.14. The summed E-state index contributed by atoms with van der Waals surface area (Å²) >= 11 is 0. The van der Waals surface area contributed by atoms with Crippen LogP contribution in [-0.4, -0.2) is 37.8 Å². The molecule has 3 aromatic heterocycles. The first kappa shape index (κ1) is 17.4. The van der Waals surface area contributed by atoms with E-state index in [1.54, 1.807) is 23.0 Å². The summed E-state index contributed by atoms with van der Waals surface area (Å²) in [6.07, 6.45) is 11.2. The largest absolute Gasteiger partial charge is 0.364 e. The van der Waals surface area contributed by atoms with Gasteiger partial charge in [-0.15, -0.1) is 0 Å². The Hall–Kier alpha value is -3.00. The van der Waals surface area contributed by atoms with Gasteiger partial charge in [-0.25, -0.2) is 9.97 Å². The zero-order valence-corrected chi connectivity index (χ0v) is 15.0. The normalized spacial score (nSPS) is 19.9. The molecule has 1 amide bonds. The van der Waals surface area contributed by atoms with Crippen molar-refractivity contribution in [2.24, 2.45) is 17.4 Å². The van der Waals surface area contributed by atoms with Crippen LogP contribution in [-0.2, 0) is 0 Å². The second-order valence-corrected chi connectivity index (χ2v) is 7.03. The van der Waals surface area contributed by atoms with Crippen LogP contribution in [0.25, 0.3) is 16.9 Å². The second-order valence-electron chi connectivity index (χ2n) is 7.03. The minimum Gasteiger partial charge on any atom is -0.364 e. The van der Waals surface area contributed by atoms with Gasteiger partial charge in [0.25, 0.3) is 5.91 Å². The molecule has 0 radical (unpaired) electrons. The van der Waals surface area contributed by atoms with E-state index < -0.39 is 5.91 Å². The highest BCUT2D eigenvalue weighted by Gasteiger charge is 2.22. The molecule has 4 rings (SSSR count). The van der Waals surface area contributed by atoms with Gasteiger partial charge >= 0.3 is 0 Å². The van der Waals surface area contributed by atoms with Crippen molar-refractivity contribution in [3.8, 4) is 11.3 Å². The van der Waals surface area contributed by atoms with Gasteiger partial charge in [0.2, 0.25) is 0 Å². The van der Waals surface area contributed by atoms with Crippen LogP contribution >= 0.6 is 0 Å². The lowest BCUT2D eigenvalue weighted by atomic mass is 9.86. The predicted molar refractivity (Wildman–Crippen MR) is 103 cm³/mol. The van der Waals surface area contributed by atoms with E-state index in [1.165, 1.54) is 0 Å². The van der Waals surface area contributed by atoms with Crippen molar-refractivity contribution in [2.45, 2.75) is 31.7 Å². The highest BCUT2D eigenvalue weighted by Crippen LogP contribution is 2.28. The van der Waals surface area contributed by atoms with Gasteiger partial charge in [0.05, 0.1) is 5.69 Å². The van der Waals surface area contributed by atoms with Crippen molar-refractivity contribution in [3.05, 3.63) is 42.6 Å². The van der Waals surface area contributed by atoms with Gasteiger partial charge in [-0.05, 0) is 50.3 Å². The average molecular weight is 365 g/mol. The molecule has 0 aromatic carbocycles. The zero-order chi connectivity index (χ0) is 18.8. The molecule has 1 aliphatic rings. The molecule has 1 saturated carbocycles. The summed E-state index contributed by atoms with van der Waals surface area (Å²) < 4.78 is 1.80. The van der Waals surface area contributed by atoms with Crippen LogP contribution in [0.15, 0.2) is 36.9 Å². The molecule has 3 heterocycles. The SMILES string of the molecule is NCC1CCC(Nc2nc(-c3ccncc3)cn3cc(C(N)=O)nc23)CC1. The number of rotatable bonds is 5. The van der Waals surface area contributed by atoms with Gasteiger partial charge in [-0.1, -0.05) is 0 Å². The fraction of sp³-hybridized carbons (Fsp3) is 0.368. The molecule has 1 fully saturated rings. The number of hydrogen-bond acceptors (Lipinski definition) is 6. The van der Waals surface area contributed by atoms with E-state index >= 15 is 0 Å². The van der Waals surface area contributed by atoms with Crippen molar-refractivity contribution in [1.29, 1.82) is 0 Å². The quantitative estimate of drug-likeness (QED) is 0.633. The number of imidazole rings is 1. The number of fused-ring (bicyclic) bond motifs is 1. The Balaban J connectivity index is 1.71. The maximum absolute atomic E-state index is 11.6. The molecular weight excluding hydrogens is 342 g/mol. The molecule has 5 N–H and O–H groups in total. The molecule has 8 heteroatoms. The fourth-order valence-corrected chi connectivity index (χ4v) is 3.61. The van der Waals surface area contributed by atoms with Crippen molar-refractivity contribution < 1.29 is 4.79 Å². The van der Waals surface area contributed by atoms with Crippen molar-refractivity contribution in [3.63, 3.8) is 0 Å². The first-order chi connectivity index (χ1) is 13.1. The predicted octanol–water partition coefficient (Wildman–Crippen LogP) is 1.82. The Morgan fingerprint density at radius 2 is 1.89 bits per heavy atom. The maximum atomic E-state index is 11.6. The van der Waals surface area contributed by atoms with Crippen LogP contribution in [0, 0.1) is 5.92 Å². The summed E-state index contributed by atoms with van der Waals surface area (Å²) in [6, 6.07) is 4.11. The first-order valence-corrected chi connectivity index (χ1v) is 9.20. The second kappa shape index (κ2) is 7.32. The highest BCUT2D eigenvalue weighted by molar-refractivity contribution is 5.92. The molecule has 0 saturated heterocycles. The lowest BCUT2D eigenvalue weighted by Crippen LogP contribution is -2.29. The third-order valence-corrected chi connectivity index (χ3v) is 5.19. The molecule has 27 heavy (non-hydrogen) atoms. The number of nitrogens with two attached hydrogens (primary N) is 2. The molecule has 8 nitrogen and oxygen atoms in total. The molecule has 1 aliphatic carbocycles. The molecule has 0 aliphatic heterocycles. The molecule has 0 bridgehead atoms. The van der Waals surface area contributed by atoms with E-state index in [2.05, 4.69) is 15.3 Å². The van der Waals surface area contributed by atoms with Crippen LogP contribution in [0.1, 0.15) is 36.2 Å². The molecule has 0 spiro atoms. The van der Waals surface area contributed by atoms with Gasteiger partial charge in [0.1, 0.15) is 5.69 Å². The molecule has 0 atom stereocenters. The summed E-state index contributed by atoms with van der Waals surface area (Å²) in [7, 11) is 0. The van der Waals surface area contributed by atoms with E-state index in [0.717, 1.165) is 43.5 Å². The third kappa shape index (κ3) is 3.61. The fourth-order valence-electron chi connectivity index (χ4n) is 3.61. The molecule has 3 aromatic rings. The number of aromatic nitrogens is 4. The van der Waals surface area contributed by atoms with Crippen LogP contribution in [0.2, 0.25) is 0 Å². The lowest BCUT2D eigenvalue weighted by Gasteiger charge is -2.28. The van der Waals surface area contributed by atoms with Crippen molar-refractivity contribution in [2.75, 3.05) is 11.9 Å². The Kier molecular flexibility index (Phi) is 4.72. The Morgan fingerprint density at radius 3 is 2.56 bits per heavy atom. The van der Waals surface area contributed by atoms with Crippen LogP contribution in [0.5, 0.6) is 0 Å². The van der Waals surface area contributed by atoms with Gasteiger partial charge in [-0.3, -0.25) is 9.78 Å². The van der Waals surface area contributed by atoms with E-state index in [4.69, 9.17) is 16.5 Å². The van der Waals surface area contributed by atoms with E-state index in [9.17, 15) is 4.79 Å². The first-order valence-electron chi connectivity index (χ1n) is 9.20. The van der Waals surface area contributed by atoms with Gasteiger partial charge in [-0.2, -0.15) is 0 Å². The summed E-state index contributed by atoms with van der Waals surface area (Å²) in [5.74, 6) is 0.707. The lowest BCUT2D eigenvalue weighted by molar-refractivity contribution is 0.0996. The van der Waals surface area contributed by atoms with Gasteiger partial charge < -0.3 is 21.2 Å². The number of nitrogens with zero attached hydrogens (tertiary/aromatic N) is 4. The number of hydrogen-bond donors (Lipinski definition) is 3. The number of pyridine rings is 1. The van der Waals surface area contributed by atoms with E-state index in [0.29, 0.717) is 23.4 Å². The van der Waals surface area contributed by atoms with E-state index in [1.807, 2.05) is 18.3 Å². The molecule has 140 valence electrons. The standard InChI is InChI=1S/C19H23N7O/c20-9-12-1-3-14(4-2-12)23-18-19-25-16(17(21)27)11-26(19)10-15(24-18)13-5-7-22-8-6-13/h5-8,10-12,14H,1-4,9,20H2,(H2,21,27)(H,23,24). The van der Waals surface area contributed by atoms with Gasteiger partial charge in [0, 0.05) is 36.4 Å². The summed E-state index contributed by atoms with van der Waals surface area (Å²) in [5.41, 5.74) is 13.7. The monoisotopic (exact) mass is 365 g/mol. The Bertz CT molecular complexity index is 945. The third-order valence-electron chi connectivity index (χ3n) is 5.19. The summed E-state index contributed by atoms with van der Waals surface area (Å²) in [5, 5.41) is 3.53. The van der Waals surface area contributed by atoms with Crippen molar-refractivity contribution in [1.82, 2.24) is 19.4 Å². The summed E-state index contributed by atoms with van der Waals surface area (Å²) in [4.78, 5) is 24.8. The zero-order valence-electron chi connectivity index (χ0n) is 15.0. The van der Waals surface area contributed by atoms with Crippen LogP contribution in [0.3, 0.4) is 0 Å². The topological polar surface area (TPSA) is 124 Å². The minimum atomic E-state index is -0.557. The van der Waals surface area contributed by atoms with Crippen LogP contribution < -0.4 is 16.8 Å². The maximum Gasteiger partial charge on any atom is 0.268 e. The minimum absolute atomic E-state index is 0.221. The van der Waals surface area contributed by atoms with Gasteiger partial charge in [0.15, 0.2) is 11.5 Å². The number of nitrogens with one attached hydrogen (secondary N) is 1. The van der Waals surface area contributed by atoms with Crippen LogP contribution in [0.4, 0.5) is 5.82 Å². The smallest absolute Gasteiger partial charge is 0.268 e.